The molecular formula is C34H35N3O5S2. The number of amides is 1. The number of hydrogen-bond donors (Lipinski definition) is 1. The summed E-state index contributed by atoms with van der Waals surface area (Å²) in [5.74, 6) is 0.230. The molecule has 1 saturated heterocycles. The molecule has 8 nitrogen and oxygen atoms in total. The Morgan fingerprint density at radius 3 is 2.09 bits per heavy atom. The number of ketones is 1. The van der Waals surface area contributed by atoms with Crippen molar-refractivity contribution in [1.29, 1.82) is 0 Å². The van der Waals surface area contributed by atoms with Crippen LogP contribution in [-0.4, -0.2) is 40.2 Å². The lowest BCUT2D eigenvalue weighted by atomic mass is 9.95. The molecule has 5 rings (SSSR count). The minimum absolute atomic E-state index is 0.0111. The lowest BCUT2D eigenvalue weighted by molar-refractivity contribution is -0.132. The van der Waals surface area contributed by atoms with Gasteiger partial charge in [0.25, 0.3) is 5.78 Å². The Balaban J connectivity index is 1.48. The molecule has 2 heterocycles. The summed E-state index contributed by atoms with van der Waals surface area (Å²) in [6.45, 7) is 5.39. The summed E-state index contributed by atoms with van der Waals surface area (Å²) in [6, 6.07) is 23.2. The van der Waals surface area contributed by atoms with Gasteiger partial charge in [0.1, 0.15) is 17.3 Å². The lowest BCUT2D eigenvalue weighted by Gasteiger charge is -2.22. The van der Waals surface area contributed by atoms with E-state index in [0.29, 0.717) is 45.9 Å². The topological polar surface area (TPSA) is 102 Å². The van der Waals surface area contributed by atoms with Crippen molar-refractivity contribution in [3.63, 3.8) is 0 Å². The highest BCUT2D eigenvalue weighted by atomic mass is 32.2. The smallest absolute Gasteiger partial charge is 0.301 e. The van der Waals surface area contributed by atoms with Crippen molar-refractivity contribution in [2.45, 2.75) is 55.7 Å². The highest BCUT2D eigenvalue weighted by Gasteiger charge is 2.48. The van der Waals surface area contributed by atoms with Crippen LogP contribution in [0.25, 0.3) is 5.76 Å². The van der Waals surface area contributed by atoms with Gasteiger partial charge in [0.15, 0.2) is 4.34 Å². The van der Waals surface area contributed by atoms with Crippen LogP contribution < -0.4 is 14.4 Å². The molecule has 44 heavy (non-hydrogen) atoms. The average Bonchev–Trinajstić information content (AvgIpc) is 3.63. The van der Waals surface area contributed by atoms with Gasteiger partial charge in [-0.25, -0.2) is 0 Å². The number of rotatable bonds is 14. The maximum absolute atomic E-state index is 13.6. The van der Waals surface area contributed by atoms with E-state index < -0.39 is 17.7 Å². The summed E-state index contributed by atoms with van der Waals surface area (Å²) >= 11 is 2.75. The third-order valence-corrected chi connectivity index (χ3v) is 9.24. The third-order valence-electron chi connectivity index (χ3n) is 7.11. The van der Waals surface area contributed by atoms with Crippen molar-refractivity contribution in [2.24, 2.45) is 0 Å². The first-order chi connectivity index (χ1) is 21.5. The molecule has 3 aromatic carbocycles. The molecule has 0 spiro atoms. The monoisotopic (exact) mass is 629 g/mol. The van der Waals surface area contributed by atoms with Crippen LogP contribution in [0.2, 0.25) is 0 Å². The number of aliphatic hydroxyl groups excluding tert-OH is 1. The van der Waals surface area contributed by atoms with Gasteiger partial charge >= 0.3 is 5.91 Å². The van der Waals surface area contributed by atoms with Gasteiger partial charge in [-0.1, -0.05) is 92.3 Å². The SMILES string of the molecule is CCCCOc1ccc(C(O)=C2C(=O)C(=O)N(c3nnc(SCc4ccccc4)s3)[C@@H]2c2ccc(OCCCC)cc2)cc1. The fourth-order valence-corrected chi connectivity index (χ4v) is 6.53. The van der Waals surface area contributed by atoms with E-state index in [1.54, 1.807) is 24.3 Å². The van der Waals surface area contributed by atoms with Crippen LogP contribution in [0.1, 0.15) is 62.3 Å². The minimum Gasteiger partial charge on any atom is -0.507 e. The molecule has 0 bridgehead atoms. The number of hydrogen-bond acceptors (Lipinski definition) is 9. The molecule has 0 radical (unpaired) electrons. The predicted molar refractivity (Wildman–Crippen MR) is 174 cm³/mol. The zero-order valence-electron chi connectivity index (χ0n) is 24.8. The molecule has 0 saturated carbocycles. The maximum Gasteiger partial charge on any atom is 0.301 e. The van der Waals surface area contributed by atoms with Crippen LogP contribution >= 0.6 is 23.1 Å². The van der Waals surface area contributed by atoms with Gasteiger partial charge in [-0.05, 0) is 60.4 Å². The number of benzene rings is 3. The molecule has 1 atom stereocenters. The van der Waals surface area contributed by atoms with Crippen molar-refractivity contribution in [2.75, 3.05) is 18.1 Å². The second-order valence-electron chi connectivity index (χ2n) is 10.3. The van der Waals surface area contributed by atoms with E-state index in [0.717, 1.165) is 31.2 Å². The van der Waals surface area contributed by atoms with Gasteiger partial charge in [-0.3, -0.25) is 14.5 Å². The molecule has 228 valence electrons. The van der Waals surface area contributed by atoms with E-state index in [9.17, 15) is 14.7 Å². The standard InChI is InChI=1S/C34H35N3O5S2/c1-3-5-20-41-26-16-12-24(13-17-26)29-28(30(38)25-14-18-27(19-15-25)42-21-6-4-2)31(39)32(40)37(29)33-35-36-34(44-33)43-22-23-10-8-7-9-11-23/h7-19,29,38H,3-6,20-22H2,1-2H3/t29-/m1/s1. The molecule has 0 aliphatic carbocycles. The summed E-state index contributed by atoms with van der Waals surface area (Å²) in [4.78, 5) is 28.5. The molecule has 1 aliphatic heterocycles. The Kier molecular flexibility index (Phi) is 10.7. The predicted octanol–water partition coefficient (Wildman–Crippen LogP) is 7.81. The summed E-state index contributed by atoms with van der Waals surface area (Å²) in [7, 11) is 0. The van der Waals surface area contributed by atoms with Gasteiger partial charge in [-0.2, -0.15) is 0 Å². The maximum atomic E-state index is 13.6. The highest BCUT2D eigenvalue weighted by molar-refractivity contribution is 8.00. The van der Waals surface area contributed by atoms with Gasteiger partial charge in [0, 0.05) is 11.3 Å². The van der Waals surface area contributed by atoms with E-state index in [-0.39, 0.29) is 16.5 Å². The number of thioether (sulfide) groups is 1. The molecule has 1 aromatic heterocycles. The average molecular weight is 630 g/mol. The van der Waals surface area contributed by atoms with E-state index in [1.807, 2.05) is 54.6 Å². The molecular weight excluding hydrogens is 595 g/mol. The zero-order valence-corrected chi connectivity index (χ0v) is 26.4. The number of anilines is 1. The molecule has 1 N–H and O–H groups in total. The van der Waals surface area contributed by atoms with Gasteiger partial charge in [0.2, 0.25) is 5.13 Å². The number of aromatic nitrogens is 2. The Morgan fingerprint density at radius 1 is 0.864 bits per heavy atom. The number of aliphatic hydroxyl groups is 1. The van der Waals surface area contributed by atoms with Crippen LogP contribution in [0.4, 0.5) is 5.13 Å². The zero-order chi connectivity index (χ0) is 30.9. The van der Waals surface area contributed by atoms with Crippen molar-refractivity contribution >= 4 is 45.7 Å². The van der Waals surface area contributed by atoms with Crippen molar-refractivity contribution in [3.8, 4) is 11.5 Å². The van der Waals surface area contributed by atoms with Crippen molar-refractivity contribution in [1.82, 2.24) is 10.2 Å². The molecule has 0 unspecified atom stereocenters. The van der Waals surface area contributed by atoms with Gasteiger partial charge in [0.05, 0.1) is 24.8 Å². The second-order valence-corrected chi connectivity index (χ2v) is 12.5. The van der Waals surface area contributed by atoms with E-state index >= 15 is 0 Å². The minimum atomic E-state index is -0.903. The summed E-state index contributed by atoms with van der Waals surface area (Å²) < 4.78 is 12.3. The number of carbonyl (C=O) groups is 2. The van der Waals surface area contributed by atoms with E-state index in [1.165, 1.54) is 28.0 Å². The number of unbranched alkanes of at least 4 members (excludes halogenated alkanes) is 2. The Labute approximate surface area is 265 Å². The Hall–Kier alpha value is -4.15. The molecule has 1 fully saturated rings. The summed E-state index contributed by atoms with van der Waals surface area (Å²) in [6.07, 6.45) is 3.91. The third kappa shape index (κ3) is 7.31. The van der Waals surface area contributed by atoms with Gasteiger partial charge < -0.3 is 14.6 Å². The highest BCUT2D eigenvalue weighted by Crippen LogP contribution is 2.44. The first-order valence-electron chi connectivity index (χ1n) is 14.8. The van der Waals surface area contributed by atoms with Crippen LogP contribution in [0.3, 0.4) is 0 Å². The largest absolute Gasteiger partial charge is 0.507 e. The van der Waals surface area contributed by atoms with E-state index in [4.69, 9.17) is 9.47 Å². The van der Waals surface area contributed by atoms with Crippen LogP contribution in [-0.2, 0) is 15.3 Å². The number of carbonyl (C=O) groups excluding carboxylic acids is 2. The van der Waals surface area contributed by atoms with Crippen LogP contribution in [0.5, 0.6) is 11.5 Å². The first-order valence-corrected chi connectivity index (χ1v) is 16.6. The second kappa shape index (κ2) is 15.0. The number of Topliss-reactive ketones (excluding diaryl/α,β-unsaturated/α-hetero) is 1. The van der Waals surface area contributed by atoms with Crippen molar-refractivity contribution in [3.05, 3.63) is 101 Å². The molecule has 10 heteroatoms. The van der Waals surface area contributed by atoms with Crippen LogP contribution in [0, 0.1) is 0 Å². The molecule has 1 amide bonds. The molecule has 1 aliphatic rings. The molecule has 4 aromatic rings. The number of nitrogens with zero attached hydrogens (tertiary/aromatic N) is 3. The quantitative estimate of drug-likeness (QED) is 0.0376. The first kappa shape index (κ1) is 31.3. The fourth-order valence-electron chi connectivity index (χ4n) is 4.70. The van der Waals surface area contributed by atoms with E-state index in [2.05, 4.69) is 24.0 Å². The fraction of sp³-hybridized carbons (Fsp3) is 0.294. The Bertz CT molecular complexity index is 1590. The summed E-state index contributed by atoms with van der Waals surface area (Å²) in [5.41, 5.74) is 2.18. The Morgan fingerprint density at radius 2 is 1.48 bits per heavy atom. The number of ether oxygens (including phenoxy) is 2. The lowest BCUT2D eigenvalue weighted by Crippen LogP contribution is -2.29. The normalized spacial score (nSPS) is 16.0. The van der Waals surface area contributed by atoms with Gasteiger partial charge in [-0.15, -0.1) is 10.2 Å². The summed E-state index contributed by atoms with van der Waals surface area (Å²) in [5, 5.41) is 20.4. The van der Waals surface area contributed by atoms with Crippen LogP contribution in [0.15, 0.2) is 88.8 Å². The van der Waals surface area contributed by atoms with Crippen molar-refractivity contribution < 1.29 is 24.2 Å².